The molecule has 0 spiro atoms. The van der Waals surface area contributed by atoms with Gasteiger partial charge in [0.2, 0.25) is 0 Å². The molecule has 0 aliphatic rings. The molecule has 0 heterocycles. The molecule has 0 radical (unpaired) electrons. The molecule has 0 saturated heterocycles. The summed E-state index contributed by atoms with van der Waals surface area (Å²) in [5.41, 5.74) is 0. The number of methoxy groups -OCH3 is 1. The number of carbonyl (C=O) groups is 1. The van der Waals surface area contributed by atoms with Gasteiger partial charge in [-0.3, -0.25) is 4.79 Å². The molecular formula is C16H25NO3. The van der Waals surface area contributed by atoms with Crippen molar-refractivity contribution in [3.05, 3.63) is 24.3 Å². The van der Waals surface area contributed by atoms with Crippen molar-refractivity contribution < 1.29 is 14.3 Å². The third kappa shape index (κ3) is 4.44. The molecule has 0 bridgehead atoms. The molecule has 2 atom stereocenters. The minimum atomic E-state index is -0.507. The molecule has 0 aromatic heterocycles. The van der Waals surface area contributed by atoms with Gasteiger partial charge in [0.05, 0.1) is 7.11 Å². The highest BCUT2D eigenvalue weighted by molar-refractivity contribution is 5.81. The first kappa shape index (κ1) is 16.3. The van der Waals surface area contributed by atoms with Gasteiger partial charge in [0.1, 0.15) is 0 Å². The zero-order valence-electron chi connectivity index (χ0n) is 13.0. The largest absolute Gasteiger partial charge is 0.493 e. The Labute approximate surface area is 121 Å². The lowest BCUT2D eigenvalue weighted by atomic mass is 10.1. The Balaban J connectivity index is 2.74. The van der Waals surface area contributed by atoms with E-state index in [1.54, 1.807) is 13.2 Å². The zero-order valence-corrected chi connectivity index (χ0v) is 13.0. The molecule has 4 nitrogen and oxygen atoms in total. The first-order valence-electron chi connectivity index (χ1n) is 7.09. The average Bonchev–Trinajstić information content (AvgIpc) is 2.44. The van der Waals surface area contributed by atoms with Crippen molar-refractivity contribution in [2.24, 2.45) is 5.92 Å². The number of hydrogen-bond acceptors (Lipinski definition) is 3. The number of amides is 1. The summed E-state index contributed by atoms with van der Waals surface area (Å²) in [6.07, 6.45) is 0.0989. The maximum absolute atomic E-state index is 12.2. The van der Waals surface area contributed by atoms with E-state index in [1.807, 2.05) is 32.0 Å². The SMILES string of the molecule is CC[C@@H](Oc1ccccc1OC)C(=O)N[C@H](C)C(C)C. The molecule has 0 fully saturated rings. The number of benzene rings is 1. The standard InChI is InChI=1S/C16H25NO3/c1-6-13(16(18)17-12(4)11(2)3)20-15-10-8-7-9-14(15)19-5/h7-13H,6H2,1-5H3,(H,17,18)/t12-,13-/m1/s1. The fourth-order valence-corrected chi connectivity index (χ4v) is 1.68. The van der Waals surface area contributed by atoms with Crippen molar-refractivity contribution >= 4 is 5.91 Å². The lowest BCUT2D eigenvalue weighted by Gasteiger charge is -2.23. The minimum absolute atomic E-state index is 0.0837. The highest BCUT2D eigenvalue weighted by Crippen LogP contribution is 2.27. The van der Waals surface area contributed by atoms with Crippen LogP contribution in [0.2, 0.25) is 0 Å². The van der Waals surface area contributed by atoms with Crippen molar-refractivity contribution in [3.63, 3.8) is 0 Å². The van der Waals surface area contributed by atoms with E-state index in [2.05, 4.69) is 19.2 Å². The lowest BCUT2D eigenvalue weighted by molar-refractivity contribution is -0.129. The fraction of sp³-hybridized carbons (Fsp3) is 0.562. The van der Waals surface area contributed by atoms with Crippen LogP contribution >= 0.6 is 0 Å². The summed E-state index contributed by atoms with van der Waals surface area (Å²) >= 11 is 0. The Hall–Kier alpha value is -1.71. The van der Waals surface area contributed by atoms with Crippen LogP contribution in [0.5, 0.6) is 11.5 Å². The van der Waals surface area contributed by atoms with Crippen LogP contribution in [0, 0.1) is 5.92 Å². The van der Waals surface area contributed by atoms with Gasteiger partial charge in [-0.15, -0.1) is 0 Å². The Kier molecular flexibility index (Phi) is 6.36. The zero-order chi connectivity index (χ0) is 15.1. The summed E-state index contributed by atoms with van der Waals surface area (Å²) < 4.78 is 11.0. The second-order valence-electron chi connectivity index (χ2n) is 5.21. The van der Waals surface area contributed by atoms with Gasteiger partial charge in [0.25, 0.3) is 5.91 Å². The van der Waals surface area contributed by atoms with Crippen molar-refractivity contribution in [2.75, 3.05) is 7.11 Å². The Morgan fingerprint density at radius 3 is 2.30 bits per heavy atom. The van der Waals surface area contributed by atoms with Crippen LogP contribution in [-0.2, 0) is 4.79 Å². The molecule has 1 amide bonds. The third-order valence-corrected chi connectivity index (χ3v) is 3.37. The third-order valence-electron chi connectivity index (χ3n) is 3.37. The Morgan fingerprint density at radius 2 is 1.80 bits per heavy atom. The second kappa shape index (κ2) is 7.78. The molecule has 1 aromatic carbocycles. The van der Waals surface area contributed by atoms with Gasteiger partial charge >= 0.3 is 0 Å². The normalized spacial score (nSPS) is 13.7. The quantitative estimate of drug-likeness (QED) is 0.834. The van der Waals surface area contributed by atoms with Crippen LogP contribution in [0.25, 0.3) is 0 Å². The minimum Gasteiger partial charge on any atom is -0.493 e. The van der Waals surface area contributed by atoms with Gasteiger partial charge in [-0.05, 0) is 31.4 Å². The molecular weight excluding hydrogens is 254 g/mol. The highest BCUT2D eigenvalue weighted by atomic mass is 16.5. The van der Waals surface area contributed by atoms with Gasteiger partial charge < -0.3 is 14.8 Å². The number of ether oxygens (including phenoxy) is 2. The van der Waals surface area contributed by atoms with E-state index in [1.165, 1.54) is 0 Å². The summed E-state index contributed by atoms with van der Waals surface area (Å²) in [5, 5.41) is 2.98. The van der Waals surface area contributed by atoms with Gasteiger partial charge in [0, 0.05) is 6.04 Å². The van der Waals surface area contributed by atoms with Crippen molar-refractivity contribution in [1.82, 2.24) is 5.32 Å². The maximum atomic E-state index is 12.2. The molecule has 0 saturated carbocycles. The molecule has 0 aliphatic heterocycles. The predicted octanol–water partition coefficient (Wildman–Crippen LogP) is 3.01. The number of nitrogens with one attached hydrogen (secondary N) is 1. The smallest absolute Gasteiger partial charge is 0.261 e. The molecule has 1 N–H and O–H groups in total. The van der Waals surface area contributed by atoms with Crippen LogP contribution in [0.3, 0.4) is 0 Å². The van der Waals surface area contributed by atoms with Crippen molar-refractivity contribution in [2.45, 2.75) is 46.3 Å². The average molecular weight is 279 g/mol. The number of para-hydroxylation sites is 2. The topological polar surface area (TPSA) is 47.6 Å². The maximum Gasteiger partial charge on any atom is 0.261 e. The highest BCUT2D eigenvalue weighted by Gasteiger charge is 2.22. The number of carbonyl (C=O) groups excluding carboxylic acids is 1. The summed E-state index contributed by atoms with van der Waals surface area (Å²) in [6.45, 7) is 8.08. The summed E-state index contributed by atoms with van der Waals surface area (Å²) in [4.78, 5) is 12.2. The number of rotatable bonds is 7. The van der Waals surface area contributed by atoms with Crippen molar-refractivity contribution in [1.29, 1.82) is 0 Å². The molecule has 20 heavy (non-hydrogen) atoms. The van der Waals surface area contributed by atoms with Crippen LogP contribution in [0.15, 0.2) is 24.3 Å². The van der Waals surface area contributed by atoms with E-state index in [-0.39, 0.29) is 11.9 Å². The van der Waals surface area contributed by atoms with E-state index < -0.39 is 6.10 Å². The summed E-state index contributed by atoms with van der Waals surface area (Å²) in [7, 11) is 1.59. The molecule has 1 aromatic rings. The van der Waals surface area contributed by atoms with E-state index in [4.69, 9.17) is 9.47 Å². The Bertz CT molecular complexity index is 431. The first-order valence-corrected chi connectivity index (χ1v) is 7.09. The lowest BCUT2D eigenvalue weighted by Crippen LogP contribution is -2.44. The van der Waals surface area contributed by atoms with Crippen LogP contribution in [0.4, 0.5) is 0 Å². The van der Waals surface area contributed by atoms with Crippen LogP contribution < -0.4 is 14.8 Å². The predicted molar refractivity (Wildman–Crippen MR) is 80.1 cm³/mol. The summed E-state index contributed by atoms with van der Waals surface area (Å²) in [5.74, 6) is 1.53. The second-order valence-corrected chi connectivity index (χ2v) is 5.21. The van der Waals surface area contributed by atoms with Crippen molar-refractivity contribution in [3.8, 4) is 11.5 Å². The molecule has 112 valence electrons. The number of hydrogen-bond donors (Lipinski definition) is 1. The van der Waals surface area contributed by atoms with E-state index in [9.17, 15) is 4.79 Å². The molecule has 0 aliphatic carbocycles. The monoisotopic (exact) mass is 279 g/mol. The van der Waals surface area contributed by atoms with Gasteiger partial charge in [0.15, 0.2) is 17.6 Å². The summed E-state index contributed by atoms with van der Waals surface area (Å²) in [6, 6.07) is 7.47. The molecule has 4 heteroatoms. The Morgan fingerprint density at radius 1 is 1.20 bits per heavy atom. The van der Waals surface area contributed by atoms with Crippen LogP contribution in [0.1, 0.15) is 34.1 Å². The molecule has 0 unspecified atom stereocenters. The fourth-order valence-electron chi connectivity index (χ4n) is 1.68. The van der Waals surface area contributed by atoms with E-state index in [0.29, 0.717) is 23.8 Å². The first-order chi connectivity index (χ1) is 9.49. The van der Waals surface area contributed by atoms with Crippen LogP contribution in [-0.4, -0.2) is 25.2 Å². The van der Waals surface area contributed by atoms with Gasteiger partial charge in [-0.25, -0.2) is 0 Å². The van der Waals surface area contributed by atoms with Gasteiger partial charge in [-0.1, -0.05) is 32.9 Å². The van der Waals surface area contributed by atoms with Gasteiger partial charge in [-0.2, -0.15) is 0 Å². The van der Waals surface area contributed by atoms with E-state index >= 15 is 0 Å². The van der Waals surface area contributed by atoms with E-state index in [0.717, 1.165) is 0 Å². The molecule has 1 rings (SSSR count).